The van der Waals surface area contributed by atoms with Crippen LogP contribution < -0.4 is 0 Å². The van der Waals surface area contributed by atoms with Gasteiger partial charge in [0.15, 0.2) is 0 Å². The fourth-order valence-corrected chi connectivity index (χ4v) is 4.38. The van der Waals surface area contributed by atoms with E-state index in [-0.39, 0.29) is 23.4 Å². The maximum atomic E-state index is 11.5. The Hall–Kier alpha value is -0.950. The third kappa shape index (κ3) is 3.08. The largest absolute Gasteiger partial charge is 0.462 e. The lowest BCUT2D eigenvalue weighted by molar-refractivity contribution is 0.0532. The Balaban J connectivity index is 2.05. The zero-order chi connectivity index (χ0) is 13.2. The Morgan fingerprint density at radius 2 is 2.17 bits per heavy atom. The lowest BCUT2D eigenvalue weighted by atomic mass is 10.0. The molecule has 7 heteroatoms. The molecule has 0 atom stereocenters. The molecule has 1 aromatic rings. The number of hydrogen-bond acceptors (Lipinski definition) is 6. The molecule has 0 unspecified atom stereocenters. The number of rotatable bonds is 3. The first-order valence-corrected chi connectivity index (χ1v) is 8.49. The summed E-state index contributed by atoms with van der Waals surface area (Å²) in [4.78, 5) is 16.2. The highest BCUT2D eigenvalue weighted by Crippen LogP contribution is 2.31. The zero-order valence-electron chi connectivity index (χ0n) is 10.1. The average molecular weight is 289 g/mol. The molecule has 1 aliphatic rings. The maximum Gasteiger partial charge on any atom is 0.349 e. The van der Waals surface area contributed by atoms with E-state index >= 15 is 0 Å². The summed E-state index contributed by atoms with van der Waals surface area (Å²) in [5.41, 5.74) is 0. The SMILES string of the molecule is CCOC(=O)c1cnc(C2CCS(=O)(=O)CC2)s1. The molecule has 0 spiro atoms. The highest BCUT2D eigenvalue weighted by Gasteiger charge is 2.27. The minimum absolute atomic E-state index is 0.154. The molecule has 18 heavy (non-hydrogen) atoms. The van der Waals surface area contributed by atoms with Crippen LogP contribution >= 0.6 is 11.3 Å². The van der Waals surface area contributed by atoms with E-state index in [1.165, 1.54) is 17.5 Å². The Morgan fingerprint density at radius 1 is 1.50 bits per heavy atom. The van der Waals surface area contributed by atoms with Crippen molar-refractivity contribution in [2.75, 3.05) is 18.1 Å². The number of esters is 1. The number of carbonyl (C=O) groups is 1. The maximum absolute atomic E-state index is 11.5. The lowest BCUT2D eigenvalue weighted by Crippen LogP contribution is -2.21. The summed E-state index contributed by atoms with van der Waals surface area (Å²) in [5.74, 6) is 0.226. The van der Waals surface area contributed by atoms with Crippen LogP contribution in [0.5, 0.6) is 0 Å². The highest BCUT2D eigenvalue weighted by atomic mass is 32.2. The van der Waals surface area contributed by atoms with Crippen LogP contribution in [0.15, 0.2) is 6.20 Å². The Bertz CT molecular complexity index is 521. The quantitative estimate of drug-likeness (QED) is 0.790. The van der Waals surface area contributed by atoms with E-state index in [0.29, 0.717) is 24.3 Å². The van der Waals surface area contributed by atoms with Gasteiger partial charge >= 0.3 is 5.97 Å². The van der Waals surface area contributed by atoms with Gasteiger partial charge in [-0.05, 0) is 19.8 Å². The molecule has 0 N–H and O–H groups in total. The molecule has 0 saturated carbocycles. The molecule has 1 fully saturated rings. The van der Waals surface area contributed by atoms with Crippen LogP contribution in [-0.4, -0.2) is 37.5 Å². The van der Waals surface area contributed by atoms with Gasteiger partial charge in [-0.1, -0.05) is 0 Å². The van der Waals surface area contributed by atoms with Gasteiger partial charge in [0.25, 0.3) is 0 Å². The normalized spacial score (nSPS) is 19.6. The molecule has 100 valence electrons. The molecule has 2 heterocycles. The Morgan fingerprint density at radius 3 is 2.78 bits per heavy atom. The predicted molar refractivity (Wildman–Crippen MR) is 68.7 cm³/mol. The summed E-state index contributed by atoms with van der Waals surface area (Å²) >= 11 is 1.31. The smallest absolute Gasteiger partial charge is 0.349 e. The van der Waals surface area contributed by atoms with Crippen LogP contribution in [-0.2, 0) is 14.6 Å². The molecule has 0 aromatic carbocycles. The van der Waals surface area contributed by atoms with Gasteiger partial charge in [-0.15, -0.1) is 11.3 Å². The van der Waals surface area contributed by atoms with Gasteiger partial charge in [-0.25, -0.2) is 18.2 Å². The van der Waals surface area contributed by atoms with Crippen molar-refractivity contribution in [2.24, 2.45) is 0 Å². The van der Waals surface area contributed by atoms with Crippen LogP contribution in [0.4, 0.5) is 0 Å². The minimum atomic E-state index is -2.86. The predicted octanol–water partition coefficient (Wildman–Crippen LogP) is 1.61. The molecule has 1 aromatic heterocycles. The number of ether oxygens (including phenoxy) is 1. The second-order valence-corrected chi connectivity index (χ2v) is 7.58. The fourth-order valence-electron chi connectivity index (χ4n) is 1.91. The molecular formula is C11H15NO4S2. The van der Waals surface area contributed by atoms with Gasteiger partial charge in [-0.2, -0.15) is 0 Å². The van der Waals surface area contributed by atoms with E-state index in [2.05, 4.69) is 4.98 Å². The van der Waals surface area contributed by atoms with Gasteiger partial charge in [0.05, 0.1) is 29.3 Å². The topological polar surface area (TPSA) is 73.3 Å². The average Bonchev–Trinajstić information content (AvgIpc) is 2.79. The zero-order valence-corrected chi connectivity index (χ0v) is 11.7. The van der Waals surface area contributed by atoms with Gasteiger partial charge in [0.2, 0.25) is 0 Å². The molecule has 0 bridgehead atoms. The van der Waals surface area contributed by atoms with Crippen LogP contribution in [0.3, 0.4) is 0 Å². The van der Waals surface area contributed by atoms with Crippen molar-refractivity contribution in [1.29, 1.82) is 0 Å². The highest BCUT2D eigenvalue weighted by molar-refractivity contribution is 7.91. The number of sulfone groups is 1. The van der Waals surface area contributed by atoms with Gasteiger partial charge in [0.1, 0.15) is 14.7 Å². The number of hydrogen-bond donors (Lipinski definition) is 0. The van der Waals surface area contributed by atoms with Gasteiger partial charge in [0, 0.05) is 5.92 Å². The van der Waals surface area contributed by atoms with Crippen molar-refractivity contribution in [3.63, 3.8) is 0 Å². The molecule has 1 aliphatic heterocycles. The van der Waals surface area contributed by atoms with Crippen LogP contribution in [0.2, 0.25) is 0 Å². The first kappa shape index (κ1) is 13.5. The number of carbonyl (C=O) groups excluding carboxylic acids is 1. The van der Waals surface area contributed by atoms with Crippen LogP contribution in [0.1, 0.15) is 40.4 Å². The van der Waals surface area contributed by atoms with Crippen LogP contribution in [0.25, 0.3) is 0 Å². The molecule has 0 amide bonds. The standard InChI is InChI=1S/C11H15NO4S2/c1-2-16-11(13)9-7-12-10(17-9)8-3-5-18(14,15)6-4-8/h7-8H,2-6H2,1H3. The molecule has 1 saturated heterocycles. The summed E-state index contributed by atoms with van der Waals surface area (Å²) < 4.78 is 27.6. The second-order valence-electron chi connectivity index (χ2n) is 4.21. The molecule has 5 nitrogen and oxygen atoms in total. The minimum Gasteiger partial charge on any atom is -0.462 e. The van der Waals surface area contributed by atoms with E-state index in [0.717, 1.165) is 5.01 Å². The second kappa shape index (κ2) is 5.36. The number of aromatic nitrogens is 1. The molecular weight excluding hydrogens is 274 g/mol. The Kier molecular flexibility index (Phi) is 4.01. The van der Waals surface area contributed by atoms with E-state index in [1.807, 2.05) is 0 Å². The van der Waals surface area contributed by atoms with Crippen molar-refractivity contribution in [3.8, 4) is 0 Å². The third-order valence-electron chi connectivity index (χ3n) is 2.90. The summed E-state index contributed by atoms with van der Waals surface area (Å²) in [7, 11) is -2.86. The summed E-state index contributed by atoms with van der Waals surface area (Å²) in [6.45, 7) is 2.10. The van der Waals surface area contributed by atoms with Gasteiger partial charge < -0.3 is 4.74 Å². The van der Waals surface area contributed by atoms with Crippen molar-refractivity contribution in [3.05, 3.63) is 16.1 Å². The summed E-state index contributed by atoms with van der Waals surface area (Å²) in [6, 6.07) is 0. The molecule has 0 radical (unpaired) electrons. The fraction of sp³-hybridized carbons (Fsp3) is 0.636. The Labute approximate surface area is 110 Å². The number of thiazole rings is 1. The molecule has 2 rings (SSSR count). The van der Waals surface area contributed by atoms with Crippen molar-refractivity contribution >= 4 is 27.1 Å². The van der Waals surface area contributed by atoms with E-state index in [1.54, 1.807) is 6.92 Å². The third-order valence-corrected chi connectivity index (χ3v) is 5.76. The van der Waals surface area contributed by atoms with Crippen molar-refractivity contribution < 1.29 is 17.9 Å². The van der Waals surface area contributed by atoms with Gasteiger partial charge in [-0.3, -0.25) is 0 Å². The van der Waals surface area contributed by atoms with Crippen LogP contribution in [0, 0.1) is 0 Å². The van der Waals surface area contributed by atoms with E-state index in [4.69, 9.17) is 4.74 Å². The van der Waals surface area contributed by atoms with Crippen molar-refractivity contribution in [2.45, 2.75) is 25.7 Å². The van der Waals surface area contributed by atoms with E-state index in [9.17, 15) is 13.2 Å². The first-order valence-electron chi connectivity index (χ1n) is 5.85. The summed E-state index contributed by atoms with van der Waals surface area (Å²) in [5, 5.41) is 0.841. The number of nitrogens with zero attached hydrogens (tertiary/aromatic N) is 1. The summed E-state index contributed by atoms with van der Waals surface area (Å²) in [6.07, 6.45) is 2.71. The molecule has 0 aliphatic carbocycles. The van der Waals surface area contributed by atoms with E-state index < -0.39 is 9.84 Å². The monoisotopic (exact) mass is 289 g/mol. The van der Waals surface area contributed by atoms with Crippen molar-refractivity contribution in [1.82, 2.24) is 4.98 Å². The lowest BCUT2D eigenvalue weighted by Gasteiger charge is -2.19. The first-order chi connectivity index (χ1) is 8.52.